The summed E-state index contributed by atoms with van der Waals surface area (Å²) >= 11 is 0. The minimum atomic E-state index is -0.570. The van der Waals surface area contributed by atoms with Crippen LogP contribution in [0.15, 0.2) is 24.5 Å². The predicted molar refractivity (Wildman–Crippen MR) is 79.1 cm³/mol. The van der Waals surface area contributed by atoms with Crippen LogP contribution in [0.25, 0.3) is 0 Å². The average molecular weight is 292 g/mol. The minimum absolute atomic E-state index is 0.181. The molecule has 0 aliphatic carbocycles. The van der Waals surface area contributed by atoms with Crippen LogP contribution in [0.2, 0.25) is 0 Å². The summed E-state index contributed by atoms with van der Waals surface area (Å²) in [7, 11) is 0. The van der Waals surface area contributed by atoms with Crippen LogP contribution in [0, 0.1) is 11.6 Å². The van der Waals surface area contributed by atoms with E-state index in [2.05, 4.69) is 15.3 Å². The van der Waals surface area contributed by atoms with Gasteiger partial charge in [0.05, 0.1) is 0 Å². The molecule has 0 spiro atoms. The lowest BCUT2D eigenvalue weighted by Crippen LogP contribution is -2.12. The molecule has 0 atom stereocenters. The number of anilines is 2. The molecule has 6 heteroatoms. The molecule has 1 aromatic carbocycles. The van der Waals surface area contributed by atoms with E-state index in [0.717, 1.165) is 11.6 Å². The van der Waals surface area contributed by atoms with Gasteiger partial charge < -0.3 is 11.1 Å². The Hall–Kier alpha value is -2.24. The molecule has 0 saturated carbocycles. The van der Waals surface area contributed by atoms with Crippen molar-refractivity contribution in [3.05, 3.63) is 47.3 Å². The van der Waals surface area contributed by atoms with Gasteiger partial charge >= 0.3 is 0 Å². The Morgan fingerprint density at radius 1 is 1.14 bits per heavy atom. The summed E-state index contributed by atoms with van der Waals surface area (Å²) < 4.78 is 26.2. The van der Waals surface area contributed by atoms with E-state index in [4.69, 9.17) is 5.73 Å². The highest BCUT2D eigenvalue weighted by Crippen LogP contribution is 2.26. The van der Waals surface area contributed by atoms with Crippen LogP contribution < -0.4 is 11.1 Å². The van der Waals surface area contributed by atoms with Gasteiger partial charge in [0.2, 0.25) is 0 Å². The molecule has 0 radical (unpaired) electrons. The van der Waals surface area contributed by atoms with Crippen LogP contribution in [0.1, 0.15) is 30.9 Å². The van der Waals surface area contributed by atoms with E-state index in [1.807, 2.05) is 13.8 Å². The molecule has 1 aromatic heterocycles. The molecule has 0 amide bonds. The number of hydrogen-bond acceptors (Lipinski definition) is 4. The lowest BCUT2D eigenvalue weighted by atomic mass is 10.0. The van der Waals surface area contributed by atoms with E-state index < -0.39 is 11.6 Å². The molecule has 2 aromatic rings. The van der Waals surface area contributed by atoms with Crippen molar-refractivity contribution < 1.29 is 8.78 Å². The fourth-order valence-corrected chi connectivity index (χ4v) is 2.20. The van der Waals surface area contributed by atoms with Gasteiger partial charge in [-0.25, -0.2) is 18.7 Å². The highest BCUT2D eigenvalue weighted by atomic mass is 19.1. The van der Waals surface area contributed by atoms with Gasteiger partial charge in [-0.2, -0.15) is 0 Å². The van der Waals surface area contributed by atoms with Gasteiger partial charge in [-0.05, 0) is 30.0 Å². The first-order valence-corrected chi connectivity index (χ1v) is 6.76. The summed E-state index contributed by atoms with van der Waals surface area (Å²) in [6.45, 7) is 4.50. The normalized spacial score (nSPS) is 10.9. The molecular weight excluding hydrogens is 274 g/mol. The van der Waals surface area contributed by atoms with E-state index in [0.29, 0.717) is 30.2 Å². The molecule has 0 bridgehead atoms. The molecule has 21 heavy (non-hydrogen) atoms. The lowest BCUT2D eigenvalue weighted by Gasteiger charge is -2.14. The minimum Gasteiger partial charge on any atom is -0.383 e. The van der Waals surface area contributed by atoms with Crippen molar-refractivity contribution in [1.29, 1.82) is 0 Å². The maximum absolute atomic E-state index is 13.1. The van der Waals surface area contributed by atoms with Gasteiger partial charge in [0.15, 0.2) is 0 Å². The maximum atomic E-state index is 13.1. The van der Waals surface area contributed by atoms with Crippen molar-refractivity contribution in [3.8, 4) is 0 Å². The summed E-state index contributed by atoms with van der Waals surface area (Å²) in [4.78, 5) is 8.15. The Morgan fingerprint density at radius 3 is 2.43 bits per heavy atom. The van der Waals surface area contributed by atoms with Gasteiger partial charge in [-0.15, -0.1) is 0 Å². The van der Waals surface area contributed by atoms with Crippen molar-refractivity contribution >= 4 is 11.6 Å². The topological polar surface area (TPSA) is 63.8 Å². The Labute approximate surface area is 122 Å². The quantitative estimate of drug-likeness (QED) is 0.888. The van der Waals surface area contributed by atoms with Gasteiger partial charge in [-0.1, -0.05) is 13.8 Å². The van der Waals surface area contributed by atoms with Crippen molar-refractivity contribution in [3.63, 3.8) is 0 Å². The van der Waals surface area contributed by atoms with E-state index >= 15 is 0 Å². The molecule has 0 aliphatic heterocycles. The average Bonchev–Trinajstić information content (AvgIpc) is 2.37. The third-order valence-electron chi connectivity index (χ3n) is 3.12. The van der Waals surface area contributed by atoms with Crippen LogP contribution in [0.3, 0.4) is 0 Å². The highest BCUT2D eigenvalue weighted by molar-refractivity contribution is 5.56. The van der Waals surface area contributed by atoms with Gasteiger partial charge in [0.25, 0.3) is 0 Å². The number of nitrogens with zero attached hydrogens (tertiary/aromatic N) is 2. The van der Waals surface area contributed by atoms with Crippen LogP contribution in [-0.2, 0) is 6.42 Å². The zero-order valence-corrected chi connectivity index (χ0v) is 12.0. The fourth-order valence-electron chi connectivity index (χ4n) is 2.20. The molecule has 0 aliphatic rings. The van der Waals surface area contributed by atoms with Crippen molar-refractivity contribution in [1.82, 2.24) is 9.97 Å². The fraction of sp³-hybridized carbons (Fsp3) is 0.333. The zero-order chi connectivity index (χ0) is 15.4. The van der Waals surface area contributed by atoms with Gasteiger partial charge in [0.1, 0.15) is 29.6 Å². The first kappa shape index (κ1) is 15.2. The second-order valence-electron chi connectivity index (χ2n) is 5.13. The van der Waals surface area contributed by atoms with Crippen LogP contribution in [0.4, 0.5) is 20.4 Å². The van der Waals surface area contributed by atoms with Crippen LogP contribution >= 0.6 is 0 Å². The SMILES string of the molecule is CC(C)c1c(N)ncnc1NCCc1cc(F)cc(F)c1. The number of halogens is 2. The number of nitrogens with one attached hydrogen (secondary N) is 1. The van der Waals surface area contributed by atoms with Gasteiger partial charge in [0, 0.05) is 18.2 Å². The van der Waals surface area contributed by atoms with Crippen molar-refractivity contribution in [2.24, 2.45) is 0 Å². The highest BCUT2D eigenvalue weighted by Gasteiger charge is 2.12. The molecular formula is C15H18F2N4. The monoisotopic (exact) mass is 292 g/mol. The van der Waals surface area contributed by atoms with Crippen LogP contribution in [0.5, 0.6) is 0 Å². The first-order chi connectivity index (χ1) is 9.97. The van der Waals surface area contributed by atoms with E-state index in [9.17, 15) is 8.78 Å². The zero-order valence-electron chi connectivity index (χ0n) is 12.0. The van der Waals surface area contributed by atoms with Gasteiger partial charge in [-0.3, -0.25) is 0 Å². The Morgan fingerprint density at radius 2 is 1.81 bits per heavy atom. The molecule has 3 N–H and O–H groups in total. The second kappa shape index (κ2) is 6.47. The molecule has 0 saturated heterocycles. The summed E-state index contributed by atoms with van der Waals surface area (Å²) in [5.41, 5.74) is 7.30. The largest absolute Gasteiger partial charge is 0.383 e. The predicted octanol–water partition coefficient (Wildman–Crippen LogP) is 3.12. The number of nitrogens with two attached hydrogens (primary N) is 1. The molecule has 4 nitrogen and oxygen atoms in total. The third kappa shape index (κ3) is 3.87. The van der Waals surface area contributed by atoms with Crippen molar-refractivity contribution in [2.75, 3.05) is 17.6 Å². The Kier molecular flexibility index (Phi) is 4.67. The summed E-state index contributed by atoms with van der Waals surface area (Å²) in [6.07, 6.45) is 1.88. The lowest BCUT2D eigenvalue weighted by molar-refractivity contribution is 0.580. The molecule has 0 unspecified atom stereocenters. The van der Waals surface area contributed by atoms with E-state index in [1.165, 1.54) is 18.5 Å². The molecule has 2 rings (SSSR count). The van der Waals surface area contributed by atoms with E-state index in [-0.39, 0.29) is 5.92 Å². The van der Waals surface area contributed by atoms with Crippen LogP contribution in [-0.4, -0.2) is 16.5 Å². The number of hydrogen-bond donors (Lipinski definition) is 2. The summed E-state index contributed by atoms with van der Waals surface area (Å²) in [5.74, 6) is 0.146. The number of benzene rings is 1. The summed E-state index contributed by atoms with van der Waals surface area (Å²) in [5, 5.41) is 3.15. The third-order valence-corrected chi connectivity index (χ3v) is 3.12. The van der Waals surface area contributed by atoms with E-state index in [1.54, 1.807) is 0 Å². The number of nitrogen functional groups attached to an aromatic ring is 1. The Bertz CT molecular complexity index is 609. The standard InChI is InChI=1S/C15H18F2N4/c1-9(2)13-14(18)20-8-21-15(13)19-4-3-10-5-11(16)7-12(17)6-10/h5-9H,3-4H2,1-2H3,(H3,18,19,20,21). The maximum Gasteiger partial charge on any atom is 0.134 e. The second-order valence-corrected chi connectivity index (χ2v) is 5.13. The number of aromatic nitrogens is 2. The number of rotatable bonds is 5. The molecule has 112 valence electrons. The summed E-state index contributed by atoms with van der Waals surface area (Å²) in [6, 6.07) is 3.50. The first-order valence-electron chi connectivity index (χ1n) is 6.76. The molecule has 1 heterocycles. The smallest absolute Gasteiger partial charge is 0.134 e. The molecule has 0 fully saturated rings. The van der Waals surface area contributed by atoms with Crippen molar-refractivity contribution in [2.45, 2.75) is 26.2 Å². The Balaban J connectivity index is 2.05.